The molecule has 28 heavy (non-hydrogen) atoms. The minimum atomic E-state index is 1.33. The first kappa shape index (κ1) is 27.7. The van der Waals surface area contributed by atoms with E-state index in [1.54, 1.807) is 0 Å². The molecule has 0 aliphatic rings. The van der Waals surface area contributed by atoms with Gasteiger partial charge in [-0.2, -0.15) is 0 Å². The Morgan fingerprint density at radius 2 is 0.607 bits per heavy atom. The standard InChI is InChI=1S/C28H56/c1-5-9-12-14-16-18-20-21-25-27(23-8-4)28(24-11-7-3)26-22-19-17-15-13-10-6-2/h5-26H2,1-4H3. The van der Waals surface area contributed by atoms with Gasteiger partial charge in [-0.05, 0) is 44.9 Å². The monoisotopic (exact) mass is 392 g/mol. The molecule has 168 valence electrons. The van der Waals surface area contributed by atoms with Crippen LogP contribution in [0.15, 0.2) is 11.1 Å². The summed E-state index contributed by atoms with van der Waals surface area (Å²) in [7, 11) is 0. The normalized spacial score (nSPS) is 12.4. The molecule has 0 heterocycles. The Morgan fingerprint density at radius 1 is 0.286 bits per heavy atom. The van der Waals surface area contributed by atoms with Crippen LogP contribution in [0.4, 0.5) is 0 Å². The van der Waals surface area contributed by atoms with Crippen LogP contribution in [-0.4, -0.2) is 0 Å². The van der Waals surface area contributed by atoms with Crippen molar-refractivity contribution in [1.29, 1.82) is 0 Å². The van der Waals surface area contributed by atoms with Crippen molar-refractivity contribution < 1.29 is 0 Å². The van der Waals surface area contributed by atoms with Crippen LogP contribution in [0, 0.1) is 0 Å². The number of hydrogen-bond acceptors (Lipinski definition) is 0. The lowest BCUT2D eigenvalue weighted by Gasteiger charge is -2.16. The second kappa shape index (κ2) is 23.0. The lowest BCUT2D eigenvalue weighted by Crippen LogP contribution is -1.96. The van der Waals surface area contributed by atoms with Gasteiger partial charge in [-0.25, -0.2) is 0 Å². The Bertz CT molecular complexity index is 325. The van der Waals surface area contributed by atoms with Gasteiger partial charge < -0.3 is 0 Å². The van der Waals surface area contributed by atoms with Gasteiger partial charge in [0.15, 0.2) is 0 Å². The second-order valence-electron chi connectivity index (χ2n) is 9.16. The van der Waals surface area contributed by atoms with Gasteiger partial charge in [-0.3, -0.25) is 0 Å². The SMILES string of the molecule is CCCCCCCCCCC(CCC)=C(CCCC)CCCCCCCCC. The van der Waals surface area contributed by atoms with Crippen molar-refractivity contribution in [2.24, 2.45) is 0 Å². The van der Waals surface area contributed by atoms with Crippen LogP contribution in [0.1, 0.15) is 169 Å². The van der Waals surface area contributed by atoms with Crippen molar-refractivity contribution in [3.63, 3.8) is 0 Å². The smallest absolute Gasteiger partial charge is 0.0318 e. The summed E-state index contributed by atoms with van der Waals surface area (Å²) in [6.45, 7) is 9.35. The minimum Gasteiger partial charge on any atom is -0.0710 e. The van der Waals surface area contributed by atoms with E-state index < -0.39 is 0 Å². The lowest BCUT2D eigenvalue weighted by molar-refractivity contribution is 0.565. The van der Waals surface area contributed by atoms with Crippen LogP contribution in [0.2, 0.25) is 0 Å². The van der Waals surface area contributed by atoms with Gasteiger partial charge in [0.2, 0.25) is 0 Å². The minimum absolute atomic E-state index is 1.33. The summed E-state index contributed by atoms with van der Waals surface area (Å²) >= 11 is 0. The van der Waals surface area contributed by atoms with E-state index in [1.807, 2.05) is 11.1 Å². The first-order valence-electron chi connectivity index (χ1n) is 13.5. The van der Waals surface area contributed by atoms with Crippen LogP contribution in [0.5, 0.6) is 0 Å². The van der Waals surface area contributed by atoms with Crippen LogP contribution in [-0.2, 0) is 0 Å². The molecule has 0 saturated carbocycles. The molecule has 0 radical (unpaired) electrons. The number of unbranched alkanes of at least 4 members (excludes halogenated alkanes) is 14. The van der Waals surface area contributed by atoms with E-state index in [1.165, 1.54) is 141 Å². The summed E-state index contributed by atoms with van der Waals surface area (Å²) in [5.74, 6) is 0. The van der Waals surface area contributed by atoms with E-state index in [2.05, 4.69) is 27.7 Å². The molecule has 0 fully saturated rings. The molecule has 0 spiro atoms. The molecule has 0 aromatic heterocycles. The molecular weight excluding hydrogens is 336 g/mol. The Labute approximate surface area is 180 Å². The Kier molecular flexibility index (Phi) is 22.8. The Balaban J connectivity index is 4.27. The topological polar surface area (TPSA) is 0 Å². The molecule has 0 heteroatoms. The summed E-state index contributed by atoms with van der Waals surface area (Å²) in [5, 5.41) is 0. The molecule has 0 aromatic carbocycles. The van der Waals surface area contributed by atoms with Crippen molar-refractivity contribution in [3.8, 4) is 0 Å². The molecule has 0 aromatic rings. The van der Waals surface area contributed by atoms with Crippen molar-refractivity contribution in [2.75, 3.05) is 0 Å². The van der Waals surface area contributed by atoms with Gasteiger partial charge in [0.25, 0.3) is 0 Å². The highest BCUT2D eigenvalue weighted by Gasteiger charge is 2.07. The maximum atomic E-state index is 2.37. The van der Waals surface area contributed by atoms with E-state index in [0.717, 1.165) is 0 Å². The van der Waals surface area contributed by atoms with E-state index in [-0.39, 0.29) is 0 Å². The molecule has 0 unspecified atom stereocenters. The fourth-order valence-electron chi connectivity index (χ4n) is 4.42. The van der Waals surface area contributed by atoms with E-state index in [9.17, 15) is 0 Å². The first-order chi connectivity index (χ1) is 13.8. The third-order valence-electron chi connectivity index (χ3n) is 6.30. The van der Waals surface area contributed by atoms with Gasteiger partial charge in [-0.15, -0.1) is 0 Å². The molecule has 0 bridgehead atoms. The lowest BCUT2D eigenvalue weighted by atomic mass is 9.90. The van der Waals surface area contributed by atoms with Gasteiger partial charge >= 0.3 is 0 Å². The van der Waals surface area contributed by atoms with E-state index in [4.69, 9.17) is 0 Å². The average molecular weight is 393 g/mol. The van der Waals surface area contributed by atoms with Crippen LogP contribution >= 0.6 is 0 Å². The third-order valence-corrected chi connectivity index (χ3v) is 6.30. The van der Waals surface area contributed by atoms with Gasteiger partial charge in [0.05, 0.1) is 0 Å². The summed E-state index contributed by atoms with van der Waals surface area (Å²) in [4.78, 5) is 0. The number of hydrogen-bond donors (Lipinski definition) is 0. The molecule has 0 saturated heterocycles. The summed E-state index contributed by atoms with van der Waals surface area (Å²) < 4.78 is 0. The van der Waals surface area contributed by atoms with Crippen molar-refractivity contribution in [3.05, 3.63) is 11.1 Å². The molecule has 0 nitrogen and oxygen atoms in total. The van der Waals surface area contributed by atoms with Crippen LogP contribution in [0.25, 0.3) is 0 Å². The van der Waals surface area contributed by atoms with Gasteiger partial charge in [0, 0.05) is 0 Å². The first-order valence-corrected chi connectivity index (χ1v) is 13.5. The number of allylic oxidation sites excluding steroid dienone is 2. The quantitative estimate of drug-likeness (QED) is 0.127. The third kappa shape index (κ3) is 17.8. The van der Waals surface area contributed by atoms with Crippen molar-refractivity contribution in [1.82, 2.24) is 0 Å². The molecule has 0 N–H and O–H groups in total. The maximum absolute atomic E-state index is 2.37. The molecule has 0 rings (SSSR count). The molecule has 0 atom stereocenters. The van der Waals surface area contributed by atoms with Crippen molar-refractivity contribution >= 4 is 0 Å². The number of rotatable bonds is 22. The molecule has 0 aliphatic carbocycles. The van der Waals surface area contributed by atoms with E-state index in [0.29, 0.717) is 0 Å². The summed E-state index contributed by atoms with van der Waals surface area (Å²) in [5.41, 5.74) is 3.74. The molecular formula is C28H56. The highest BCUT2D eigenvalue weighted by Crippen LogP contribution is 2.27. The maximum Gasteiger partial charge on any atom is -0.0318 e. The zero-order valence-electron chi connectivity index (χ0n) is 20.6. The molecule has 0 aliphatic heterocycles. The Hall–Kier alpha value is -0.260. The molecule has 0 amide bonds. The highest BCUT2D eigenvalue weighted by molar-refractivity contribution is 5.14. The van der Waals surface area contributed by atoms with Crippen LogP contribution < -0.4 is 0 Å². The van der Waals surface area contributed by atoms with Crippen LogP contribution in [0.3, 0.4) is 0 Å². The fraction of sp³-hybridized carbons (Fsp3) is 0.929. The Morgan fingerprint density at radius 3 is 1.00 bits per heavy atom. The predicted octanol–water partition coefficient (Wildman–Crippen LogP) is 10.9. The zero-order valence-corrected chi connectivity index (χ0v) is 20.6. The average Bonchev–Trinajstić information content (AvgIpc) is 2.71. The van der Waals surface area contributed by atoms with E-state index >= 15 is 0 Å². The summed E-state index contributed by atoms with van der Waals surface area (Å²) in [6.07, 6.45) is 31.2. The summed E-state index contributed by atoms with van der Waals surface area (Å²) in [6, 6.07) is 0. The van der Waals surface area contributed by atoms with Gasteiger partial charge in [0.1, 0.15) is 0 Å². The fourth-order valence-corrected chi connectivity index (χ4v) is 4.42. The van der Waals surface area contributed by atoms with Gasteiger partial charge in [-0.1, -0.05) is 135 Å². The van der Waals surface area contributed by atoms with Crippen molar-refractivity contribution in [2.45, 2.75) is 169 Å². The second-order valence-corrected chi connectivity index (χ2v) is 9.16. The zero-order chi connectivity index (χ0) is 20.7. The largest absolute Gasteiger partial charge is 0.0710 e. The highest BCUT2D eigenvalue weighted by atomic mass is 14.1. The predicted molar refractivity (Wildman–Crippen MR) is 131 cm³/mol.